The Morgan fingerprint density at radius 1 is 1.50 bits per heavy atom. The van der Waals surface area contributed by atoms with Gasteiger partial charge in [0.1, 0.15) is 0 Å². The molecule has 0 bridgehead atoms. The molecule has 2 rings (SSSR count). The van der Waals surface area contributed by atoms with E-state index in [1.807, 2.05) is 20.2 Å². The van der Waals surface area contributed by atoms with Crippen LogP contribution in [-0.2, 0) is 13.5 Å². The molecule has 6 nitrogen and oxygen atoms in total. The minimum absolute atomic E-state index is 0.0749. The Labute approximate surface area is 80.7 Å². The zero-order chi connectivity index (χ0) is 10.1. The molecule has 0 atom stereocenters. The van der Waals surface area contributed by atoms with Crippen molar-refractivity contribution in [1.29, 1.82) is 0 Å². The molecule has 0 spiro atoms. The number of hydrogen-bond acceptors (Lipinski definition) is 5. The number of nitrogens with two attached hydrogens (primary N) is 1. The Morgan fingerprint density at radius 3 is 2.86 bits per heavy atom. The predicted octanol–water partition coefficient (Wildman–Crippen LogP) is 0.615. The molecule has 0 aliphatic rings. The van der Waals surface area contributed by atoms with Crippen LogP contribution in [0.4, 0.5) is 6.01 Å². The maximum atomic E-state index is 5.35. The largest absolute Gasteiger partial charge is 0.403 e. The van der Waals surface area contributed by atoms with Gasteiger partial charge in [-0.15, -0.1) is 5.10 Å². The summed E-state index contributed by atoms with van der Waals surface area (Å²) in [4.78, 5) is 0. The summed E-state index contributed by atoms with van der Waals surface area (Å²) in [5.41, 5.74) is 7.12. The minimum Gasteiger partial charge on any atom is -0.403 e. The molecule has 0 unspecified atom stereocenters. The third kappa shape index (κ3) is 1.34. The second-order valence-corrected chi connectivity index (χ2v) is 2.96. The number of hydrogen-bond donors (Lipinski definition) is 1. The first-order valence-corrected chi connectivity index (χ1v) is 4.32. The number of aryl methyl sites for hydroxylation is 2. The van der Waals surface area contributed by atoms with Crippen molar-refractivity contribution in [2.45, 2.75) is 13.3 Å². The van der Waals surface area contributed by atoms with Crippen LogP contribution >= 0.6 is 0 Å². The average molecular weight is 193 g/mol. The van der Waals surface area contributed by atoms with Gasteiger partial charge in [-0.3, -0.25) is 4.68 Å². The number of nitrogens with zero attached hydrogens (tertiary/aromatic N) is 4. The van der Waals surface area contributed by atoms with Gasteiger partial charge in [0.25, 0.3) is 5.89 Å². The maximum absolute atomic E-state index is 5.35. The molecule has 14 heavy (non-hydrogen) atoms. The van der Waals surface area contributed by atoms with E-state index in [0.29, 0.717) is 5.89 Å². The van der Waals surface area contributed by atoms with E-state index in [1.165, 1.54) is 0 Å². The van der Waals surface area contributed by atoms with Crippen molar-refractivity contribution in [2.75, 3.05) is 5.73 Å². The summed E-state index contributed by atoms with van der Waals surface area (Å²) in [5, 5.41) is 11.7. The van der Waals surface area contributed by atoms with Crippen molar-refractivity contribution in [1.82, 2.24) is 20.0 Å². The van der Waals surface area contributed by atoms with Gasteiger partial charge in [0.2, 0.25) is 0 Å². The van der Waals surface area contributed by atoms with Gasteiger partial charge in [0, 0.05) is 13.2 Å². The smallest absolute Gasteiger partial charge is 0.313 e. The van der Waals surface area contributed by atoms with Crippen LogP contribution in [0.2, 0.25) is 0 Å². The average Bonchev–Trinajstić information content (AvgIpc) is 2.71. The first kappa shape index (κ1) is 8.74. The first-order valence-electron chi connectivity index (χ1n) is 4.32. The maximum Gasteiger partial charge on any atom is 0.313 e. The normalized spacial score (nSPS) is 10.7. The topological polar surface area (TPSA) is 82.8 Å². The molecule has 2 heterocycles. The van der Waals surface area contributed by atoms with E-state index in [4.69, 9.17) is 10.2 Å². The Balaban J connectivity index is 2.49. The molecule has 0 amide bonds. The Hall–Kier alpha value is -1.85. The van der Waals surface area contributed by atoms with Crippen molar-refractivity contribution in [2.24, 2.45) is 7.05 Å². The van der Waals surface area contributed by atoms with E-state index in [0.717, 1.165) is 17.7 Å². The van der Waals surface area contributed by atoms with E-state index in [-0.39, 0.29) is 6.01 Å². The molecule has 0 saturated heterocycles. The van der Waals surface area contributed by atoms with Gasteiger partial charge in [-0.1, -0.05) is 12.0 Å². The highest BCUT2D eigenvalue weighted by molar-refractivity contribution is 5.55. The summed E-state index contributed by atoms with van der Waals surface area (Å²) in [5.74, 6) is 0.424. The van der Waals surface area contributed by atoms with Crippen molar-refractivity contribution in [3.63, 3.8) is 0 Å². The lowest BCUT2D eigenvalue weighted by Crippen LogP contribution is -1.89. The second kappa shape index (κ2) is 3.13. The Kier molecular flexibility index (Phi) is 1.95. The van der Waals surface area contributed by atoms with E-state index >= 15 is 0 Å². The van der Waals surface area contributed by atoms with Gasteiger partial charge in [-0.2, -0.15) is 5.10 Å². The fourth-order valence-electron chi connectivity index (χ4n) is 1.32. The Morgan fingerprint density at radius 2 is 2.29 bits per heavy atom. The van der Waals surface area contributed by atoms with E-state index in [2.05, 4.69) is 15.3 Å². The van der Waals surface area contributed by atoms with Gasteiger partial charge in [-0.25, -0.2) is 0 Å². The molecule has 6 heteroatoms. The van der Waals surface area contributed by atoms with Crippen molar-refractivity contribution >= 4 is 6.01 Å². The van der Waals surface area contributed by atoms with Crippen LogP contribution in [0.1, 0.15) is 12.6 Å². The highest BCUT2D eigenvalue weighted by atomic mass is 16.4. The highest BCUT2D eigenvalue weighted by Crippen LogP contribution is 2.22. The number of nitrogen functional groups attached to an aromatic ring is 1. The van der Waals surface area contributed by atoms with Crippen LogP contribution < -0.4 is 5.73 Å². The molecule has 2 aromatic heterocycles. The highest BCUT2D eigenvalue weighted by Gasteiger charge is 2.13. The van der Waals surface area contributed by atoms with Crippen LogP contribution in [0.15, 0.2) is 10.6 Å². The van der Waals surface area contributed by atoms with Gasteiger partial charge in [0.15, 0.2) is 0 Å². The standard InChI is InChI=1S/C8H11N5O/c1-3-6-5(4-13(2)12-6)7-10-11-8(9)14-7/h4H,3H2,1-2H3,(H2,9,11). The lowest BCUT2D eigenvalue weighted by Gasteiger charge is -1.90. The molecule has 0 radical (unpaired) electrons. The summed E-state index contributed by atoms with van der Waals surface area (Å²) < 4.78 is 6.84. The van der Waals surface area contributed by atoms with Crippen molar-refractivity contribution in [3.8, 4) is 11.5 Å². The lowest BCUT2D eigenvalue weighted by atomic mass is 10.2. The quantitative estimate of drug-likeness (QED) is 0.755. The van der Waals surface area contributed by atoms with Gasteiger partial charge in [-0.05, 0) is 6.42 Å². The SMILES string of the molecule is CCc1nn(C)cc1-c1nnc(N)o1. The summed E-state index contributed by atoms with van der Waals surface area (Å²) in [6.45, 7) is 2.02. The van der Waals surface area contributed by atoms with Crippen LogP contribution in [0.25, 0.3) is 11.5 Å². The first-order chi connectivity index (χ1) is 6.70. The lowest BCUT2D eigenvalue weighted by molar-refractivity contribution is 0.589. The fourth-order valence-corrected chi connectivity index (χ4v) is 1.32. The van der Waals surface area contributed by atoms with E-state index in [9.17, 15) is 0 Å². The van der Waals surface area contributed by atoms with Crippen LogP contribution in [-0.4, -0.2) is 20.0 Å². The summed E-state index contributed by atoms with van der Waals surface area (Å²) in [6, 6.07) is 0.0749. The number of aromatic nitrogens is 4. The van der Waals surface area contributed by atoms with Crippen LogP contribution in [0.5, 0.6) is 0 Å². The zero-order valence-corrected chi connectivity index (χ0v) is 8.06. The molecule has 0 aliphatic carbocycles. The summed E-state index contributed by atoms with van der Waals surface area (Å²) >= 11 is 0. The molecule has 0 fully saturated rings. The summed E-state index contributed by atoms with van der Waals surface area (Å²) in [7, 11) is 1.85. The molecular weight excluding hydrogens is 182 g/mol. The fraction of sp³-hybridized carbons (Fsp3) is 0.375. The molecule has 0 saturated carbocycles. The van der Waals surface area contributed by atoms with Crippen LogP contribution in [0, 0.1) is 0 Å². The molecular formula is C8H11N5O. The van der Waals surface area contributed by atoms with E-state index < -0.39 is 0 Å². The minimum atomic E-state index is 0.0749. The van der Waals surface area contributed by atoms with Crippen molar-refractivity contribution in [3.05, 3.63) is 11.9 Å². The molecule has 0 aliphatic heterocycles. The monoisotopic (exact) mass is 193 g/mol. The molecule has 2 aromatic rings. The third-order valence-electron chi connectivity index (χ3n) is 1.91. The second-order valence-electron chi connectivity index (χ2n) is 2.96. The van der Waals surface area contributed by atoms with Gasteiger partial charge >= 0.3 is 6.01 Å². The Bertz CT molecular complexity index is 444. The van der Waals surface area contributed by atoms with Crippen molar-refractivity contribution < 1.29 is 4.42 Å². The third-order valence-corrected chi connectivity index (χ3v) is 1.91. The summed E-state index contributed by atoms with van der Waals surface area (Å²) in [6.07, 6.45) is 2.66. The molecule has 74 valence electrons. The van der Waals surface area contributed by atoms with Crippen LogP contribution in [0.3, 0.4) is 0 Å². The van der Waals surface area contributed by atoms with Gasteiger partial charge in [0.05, 0.1) is 11.3 Å². The van der Waals surface area contributed by atoms with Gasteiger partial charge < -0.3 is 10.2 Å². The number of anilines is 1. The predicted molar refractivity (Wildman–Crippen MR) is 50.3 cm³/mol. The van der Waals surface area contributed by atoms with E-state index in [1.54, 1.807) is 4.68 Å². The number of rotatable bonds is 2. The molecule has 2 N–H and O–H groups in total. The molecule has 0 aromatic carbocycles. The zero-order valence-electron chi connectivity index (χ0n) is 8.06.